The maximum Gasteiger partial charge on any atom is 0.239 e. The van der Waals surface area contributed by atoms with Gasteiger partial charge in [0, 0.05) is 19.1 Å². The molecule has 1 aliphatic carbocycles. The molecule has 2 unspecified atom stereocenters. The van der Waals surface area contributed by atoms with Crippen molar-refractivity contribution in [3.05, 3.63) is 0 Å². The van der Waals surface area contributed by atoms with Gasteiger partial charge in [-0.05, 0) is 45.4 Å². The lowest BCUT2D eigenvalue weighted by molar-refractivity contribution is -0.149. The van der Waals surface area contributed by atoms with Crippen LogP contribution in [0, 0.1) is 5.92 Å². The van der Waals surface area contributed by atoms with Crippen LogP contribution in [0.5, 0.6) is 0 Å². The molecule has 0 aromatic carbocycles. The van der Waals surface area contributed by atoms with Gasteiger partial charge in [0.15, 0.2) is 0 Å². The van der Waals surface area contributed by atoms with Gasteiger partial charge in [-0.15, -0.1) is 0 Å². The van der Waals surface area contributed by atoms with Crippen LogP contribution in [0.2, 0.25) is 0 Å². The van der Waals surface area contributed by atoms with E-state index in [0.717, 1.165) is 32.1 Å². The summed E-state index contributed by atoms with van der Waals surface area (Å²) in [6.45, 7) is 2.65. The summed E-state index contributed by atoms with van der Waals surface area (Å²) in [5, 5.41) is -0.436. The number of carbonyl (C=O) groups excluding carboxylic acids is 1. The fourth-order valence-electron chi connectivity index (χ4n) is 4.24. The lowest BCUT2D eigenvalue weighted by Gasteiger charge is -2.44. The lowest BCUT2D eigenvalue weighted by Crippen LogP contribution is -2.51. The number of ether oxygens (including phenoxy) is 1. The fraction of sp³-hybridized carbons (Fsp3) is 0.938. The number of carbonyl (C=O) groups is 1. The van der Waals surface area contributed by atoms with E-state index in [1.807, 2.05) is 0 Å². The molecule has 2 heterocycles. The van der Waals surface area contributed by atoms with Gasteiger partial charge in [0.25, 0.3) is 0 Å². The molecule has 5 nitrogen and oxygen atoms in total. The molecule has 0 N–H and O–H groups in total. The van der Waals surface area contributed by atoms with Crippen molar-refractivity contribution in [3.8, 4) is 0 Å². The van der Waals surface area contributed by atoms with Crippen LogP contribution in [0.25, 0.3) is 0 Å². The van der Waals surface area contributed by atoms with Gasteiger partial charge in [0.1, 0.15) is 0 Å². The van der Waals surface area contributed by atoms with Crippen molar-refractivity contribution in [2.75, 3.05) is 13.2 Å². The smallest absolute Gasteiger partial charge is 0.239 e. The average Bonchev–Trinajstić information content (AvgIpc) is 2.50. The van der Waals surface area contributed by atoms with Crippen molar-refractivity contribution >= 4 is 15.9 Å². The highest BCUT2D eigenvalue weighted by atomic mass is 32.2. The van der Waals surface area contributed by atoms with E-state index in [1.165, 1.54) is 10.7 Å². The molecule has 3 rings (SSSR count). The SMILES string of the molecule is CC1CCCN(C(=O)C2CCOC3(CCCCC3)C2)S1(=O)=O. The Morgan fingerprint density at radius 2 is 1.86 bits per heavy atom. The van der Waals surface area contributed by atoms with Crippen molar-refractivity contribution in [1.29, 1.82) is 0 Å². The molecule has 2 aliphatic heterocycles. The van der Waals surface area contributed by atoms with E-state index in [2.05, 4.69) is 0 Å². The van der Waals surface area contributed by atoms with E-state index >= 15 is 0 Å². The summed E-state index contributed by atoms with van der Waals surface area (Å²) in [5.41, 5.74) is -0.165. The molecule has 0 aromatic heterocycles. The zero-order valence-electron chi connectivity index (χ0n) is 13.4. The van der Waals surface area contributed by atoms with Crippen LogP contribution < -0.4 is 0 Å². The van der Waals surface area contributed by atoms with E-state index in [4.69, 9.17) is 4.74 Å². The molecule has 2 atom stereocenters. The summed E-state index contributed by atoms with van der Waals surface area (Å²) in [6.07, 6.45) is 8.36. The molecular formula is C16H27NO4S. The number of amides is 1. The first-order chi connectivity index (χ1) is 10.4. The number of hydrogen-bond acceptors (Lipinski definition) is 4. The Kier molecular flexibility index (Phi) is 4.52. The third-order valence-electron chi connectivity index (χ3n) is 5.64. The van der Waals surface area contributed by atoms with Crippen LogP contribution in [0.1, 0.15) is 64.7 Å². The minimum absolute atomic E-state index is 0.165. The van der Waals surface area contributed by atoms with Crippen molar-refractivity contribution in [3.63, 3.8) is 0 Å². The van der Waals surface area contributed by atoms with E-state index < -0.39 is 15.3 Å². The number of sulfonamides is 1. The predicted octanol–water partition coefficient (Wildman–Crippen LogP) is 2.46. The molecule has 3 fully saturated rings. The van der Waals surface area contributed by atoms with Gasteiger partial charge in [-0.3, -0.25) is 4.79 Å². The van der Waals surface area contributed by atoms with Gasteiger partial charge < -0.3 is 4.74 Å². The zero-order chi connectivity index (χ0) is 15.8. The van der Waals surface area contributed by atoms with Crippen molar-refractivity contribution in [1.82, 2.24) is 4.31 Å². The largest absolute Gasteiger partial charge is 0.375 e. The predicted molar refractivity (Wildman–Crippen MR) is 83.8 cm³/mol. The maximum atomic E-state index is 12.8. The number of hydrogen-bond donors (Lipinski definition) is 0. The molecule has 0 radical (unpaired) electrons. The Hall–Kier alpha value is -0.620. The van der Waals surface area contributed by atoms with Gasteiger partial charge in [-0.25, -0.2) is 12.7 Å². The van der Waals surface area contributed by atoms with Crippen molar-refractivity contribution in [2.24, 2.45) is 5.92 Å². The average molecular weight is 329 g/mol. The summed E-state index contributed by atoms with van der Waals surface area (Å²) in [7, 11) is -3.45. The molecule has 1 spiro atoms. The van der Waals surface area contributed by atoms with E-state index in [-0.39, 0.29) is 17.4 Å². The molecule has 1 amide bonds. The van der Waals surface area contributed by atoms with Crippen LogP contribution in [0.15, 0.2) is 0 Å². The molecule has 1 saturated carbocycles. The Morgan fingerprint density at radius 1 is 1.14 bits per heavy atom. The van der Waals surface area contributed by atoms with Crippen LogP contribution in [-0.2, 0) is 19.6 Å². The molecule has 0 aromatic rings. The van der Waals surface area contributed by atoms with Crippen LogP contribution in [-0.4, -0.2) is 42.6 Å². The van der Waals surface area contributed by atoms with Crippen LogP contribution in [0.3, 0.4) is 0 Å². The molecule has 3 aliphatic rings. The molecule has 6 heteroatoms. The third-order valence-corrected chi connectivity index (χ3v) is 7.87. The lowest BCUT2D eigenvalue weighted by atomic mass is 9.76. The Balaban J connectivity index is 1.74. The quantitative estimate of drug-likeness (QED) is 0.741. The monoisotopic (exact) mass is 329 g/mol. The van der Waals surface area contributed by atoms with E-state index in [9.17, 15) is 13.2 Å². The van der Waals surface area contributed by atoms with E-state index in [1.54, 1.807) is 6.92 Å². The molecule has 22 heavy (non-hydrogen) atoms. The highest BCUT2D eigenvalue weighted by Gasteiger charge is 2.45. The highest BCUT2D eigenvalue weighted by Crippen LogP contribution is 2.41. The molecule has 0 bridgehead atoms. The minimum Gasteiger partial charge on any atom is -0.375 e. The fourth-order valence-corrected chi connectivity index (χ4v) is 5.92. The first kappa shape index (κ1) is 16.2. The topological polar surface area (TPSA) is 63.7 Å². The van der Waals surface area contributed by atoms with Gasteiger partial charge in [0.2, 0.25) is 15.9 Å². The standard InChI is InChI=1S/C16H27NO4S/c1-13-6-5-10-17(22(13,19)20)15(18)14-7-11-21-16(12-14)8-3-2-4-9-16/h13-14H,2-12H2,1H3. The normalized spacial score (nSPS) is 34.5. The van der Waals surface area contributed by atoms with E-state index in [0.29, 0.717) is 32.4 Å². The second-order valence-electron chi connectivity index (χ2n) is 7.19. The first-order valence-corrected chi connectivity index (χ1v) is 10.1. The zero-order valence-corrected chi connectivity index (χ0v) is 14.2. The first-order valence-electron chi connectivity index (χ1n) is 8.64. The summed E-state index contributed by atoms with van der Waals surface area (Å²) in [6, 6.07) is 0. The summed E-state index contributed by atoms with van der Waals surface area (Å²) >= 11 is 0. The molecular weight excluding hydrogens is 302 g/mol. The van der Waals surface area contributed by atoms with Crippen molar-refractivity contribution < 1.29 is 17.9 Å². The minimum atomic E-state index is -3.45. The summed E-state index contributed by atoms with van der Waals surface area (Å²) in [4.78, 5) is 12.8. The highest BCUT2D eigenvalue weighted by molar-refractivity contribution is 7.90. The van der Waals surface area contributed by atoms with Gasteiger partial charge >= 0.3 is 0 Å². The molecule has 2 saturated heterocycles. The van der Waals surface area contributed by atoms with Crippen LogP contribution >= 0.6 is 0 Å². The van der Waals surface area contributed by atoms with Gasteiger partial charge in [0.05, 0.1) is 10.9 Å². The van der Waals surface area contributed by atoms with Gasteiger partial charge in [-0.2, -0.15) is 0 Å². The maximum absolute atomic E-state index is 12.8. The third kappa shape index (κ3) is 2.92. The second-order valence-corrected chi connectivity index (χ2v) is 9.47. The van der Waals surface area contributed by atoms with Gasteiger partial charge in [-0.1, -0.05) is 19.3 Å². The molecule has 126 valence electrons. The van der Waals surface area contributed by atoms with Crippen LogP contribution in [0.4, 0.5) is 0 Å². The Labute approximate surface area is 133 Å². The Morgan fingerprint density at radius 3 is 2.59 bits per heavy atom. The summed E-state index contributed by atoms with van der Waals surface area (Å²) in [5.74, 6) is -0.369. The van der Waals surface area contributed by atoms with Crippen molar-refractivity contribution in [2.45, 2.75) is 75.6 Å². The Bertz CT molecular complexity index is 519. The second kappa shape index (κ2) is 6.11. The number of rotatable bonds is 1. The summed E-state index contributed by atoms with van der Waals surface area (Å²) < 4.78 is 32.1. The number of nitrogens with zero attached hydrogens (tertiary/aromatic N) is 1.